The van der Waals surface area contributed by atoms with Crippen molar-refractivity contribution < 1.29 is 15.0 Å². The summed E-state index contributed by atoms with van der Waals surface area (Å²) in [7, 11) is 0. The predicted molar refractivity (Wildman–Crippen MR) is 86.8 cm³/mol. The standard InChI is InChI=1S/C12H15I2NO3/c1-2-8(16)3-4-15-12(18)9-5-7(13)6-10(14)11(9)17/h5-6,8,16-17H,2-4H2,1H3,(H,15,18). The Labute approximate surface area is 133 Å². The fraction of sp³-hybridized carbons (Fsp3) is 0.417. The zero-order chi connectivity index (χ0) is 13.7. The number of amides is 1. The van der Waals surface area contributed by atoms with Crippen molar-refractivity contribution in [2.75, 3.05) is 6.54 Å². The van der Waals surface area contributed by atoms with Gasteiger partial charge in [-0.1, -0.05) is 6.92 Å². The summed E-state index contributed by atoms with van der Waals surface area (Å²) in [6.07, 6.45) is 0.793. The van der Waals surface area contributed by atoms with Crippen molar-refractivity contribution in [3.05, 3.63) is 24.8 Å². The third-order valence-corrected chi connectivity index (χ3v) is 3.95. The number of aliphatic hydroxyl groups is 1. The number of hydrogen-bond acceptors (Lipinski definition) is 3. The summed E-state index contributed by atoms with van der Waals surface area (Å²) >= 11 is 4.09. The average molecular weight is 475 g/mol. The molecule has 0 heterocycles. The molecule has 1 aromatic rings. The number of nitrogens with one attached hydrogen (secondary N) is 1. The van der Waals surface area contributed by atoms with Gasteiger partial charge in [0.15, 0.2) is 0 Å². The second-order valence-corrected chi connectivity index (χ2v) is 6.30. The van der Waals surface area contributed by atoms with E-state index in [1.807, 2.05) is 29.5 Å². The molecule has 100 valence electrons. The lowest BCUT2D eigenvalue weighted by atomic mass is 10.1. The number of carbonyl (C=O) groups excluding carboxylic acids is 1. The van der Waals surface area contributed by atoms with Crippen molar-refractivity contribution in [1.82, 2.24) is 5.32 Å². The number of halogens is 2. The average Bonchev–Trinajstić information content (AvgIpc) is 2.33. The van der Waals surface area contributed by atoms with Crippen LogP contribution in [0, 0.1) is 7.14 Å². The summed E-state index contributed by atoms with van der Waals surface area (Å²) in [6.45, 7) is 2.29. The molecule has 0 aliphatic rings. The SMILES string of the molecule is CCC(O)CCNC(=O)c1cc(I)cc(I)c1O. The Morgan fingerprint density at radius 3 is 2.72 bits per heavy atom. The van der Waals surface area contributed by atoms with Crippen molar-refractivity contribution in [1.29, 1.82) is 0 Å². The lowest BCUT2D eigenvalue weighted by Gasteiger charge is -2.10. The Bertz CT molecular complexity index is 438. The van der Waals surface area contributed by atoms with Crippen LogP contribution in [-0.2, 0) is 0 Å². The smallest absolute Gasteiger partial charge is 0.255 e. The van der Waals surface area contributed by atoms with Gasteiger partial charge < -0.3 is 15.5 Å². The number of aromatic hydroxyl groups is 1. The first-order valence-electron chi connectivity index (χ1n) is 5.60. The number of aliphatic hydroxyl groups excluding tert-OH is 1. The van der Waals surface area contributed by atoms with E-state index in [4.69, 9.17) is 0 Å². The van der Waals surface area contributed by atoms with Crippen LogP contribution in [0.4, 0.5) is 0 Å². The lowest BCUT2D eigenvalue weighted by molar-refractivity contribution is 0.0939. The summed E-state index contributed by atoms with van der Waals surface area (Å²) in [5, 5.41) is 21.9. The van der Waals surface area contributed by atoms with E-state index in [1.165, 1.54) is 0 Å². The topological polar surface area (TPSA) is 69.6 Å². The van der Waals surface area contributed by atoms with E-state index in [1.54, 1.807) is 12.1 Å². The highest BCUT2D eigenvalue weighted by Crippen LogP contribution is 2.26. The minimum absolute atomic E-state index is 0.00422. The first-order chi connectivity index (χ1) is 8.45. The van der Waals surface area contributed by atoms with Crippen LogP contribution < -0.4 is 5.32 Å². The summed E-state index contributed by atoms with van der Waals surface area (Å²) in [6, 6.07) is 3.44. The molecular formula is C12H15I2NO3. The van der Waals surface area contributed by atoms with Gasteiger partial charge in [-0.15, -0.1) is 0 Å². The zero-order valence-electron chi connectivity index (χ0n) is 9.91. The first-order valence-corrected chi connectivity index (χ1v) is 7.75. The van der Waals surface area contributed by atoms with Gasteiger partial charge in [0.2, 0.25) is 0 Å². The Hall–Kier alpha value is -0.0900. The highest BCUT2D eigenvalue weighted by Gasteiger charge is 2.14. The van der Waals surface area contributed by atoms with Gasteiger partial charge in [-0.2, -0.15) is 0 Å². The molecule has 0 saturated heterocycles. The molecule has 0 bridgehead atoms. The van der Waals surface area contributed by atoms with Gasteiger partial charge in [-0.25, -0.2) is 0 Å². The minimum atomic E-state index is -0.394. The highest BCUT2D eigenvalue weighted by molar-refractivity contribution is 14.1. The van der Waals surface area contributed by atoms with Gasteiger partial charge >= 0.3 is 0 Å². The minimum Gasteiger partial charge on any atom is -0.506 e. The van der Waals surface area contributed by atoms with E-state index in [9.17, 15) is 15.0 Å². The Kier molecular flexibility index (Phi) is 6.64. The molecule has 0 aliphatic heterocycles. The summed E-state index contributed by atoms with van der Waals surface area (Å²) in [5.41, 5.74) is 0.275. The van der Waals surface area contributed by atoms with Crippen molar-refractivity contribution >= 4 is 51.1 Å². The normalized spacial score (nSPS) is 12.2. The Morgan fingerprint density at radius 2 is 2.11 bits per heavy atom. The molecule has 3 N–H and O–H groups in total. The largest absolute Gasteiger partial charge is 0.506 e. The molecule has 18 heavy (non-hydrogen) atoms. The van der Waals surface area contributed by atoms with Gasteiger partial charge in [0.25, 0.3) is 5.91 Å². The molecule has 0 aromatic heterocycles. The highest BCUT2D eigenvalue weighted by atomic mass is 127. The number of phenols is 1. The van der Waals surface area contributed by atoms with Gasteiger partial charge in [-0.05, 0) is 70.2 Å². The van der Waals surface area contributed by atoms with E-state index in [0.717, 1.165) is 3.57 Å². The molecule has 0 aliphatic carbocycles. The molecule has 0 radical (unpaired) electrons. The summed E-state index contributed by atoms with van der Waals surface area (Å²) < 4.78 is 1.55. The van der Waals surface area contributed by atoms with Crippen LogP contribution in [0.5, 0.6) is 5.75 Å². The fourth-order valence-corrected chi connectivity index (χ4v) is 3.24. The van der Waals surface area contributed by atoms with Crippen LogP contribution in [0.3, 0.4) is 0 Å². The van der Waals surface area contributed by atoms with Crippen molar-refractivity contribution in [2.45, 2.75) is 25.9 Å². The molecule has 0 saturated carbocycles. The number of benzene rings is 1. The lowest BCUT2D eigenvalue weighted by Crippen LogP contribution is -2.27. The maximum atomic E-state index is 11.9. The molecule has 4 nitrogen and oxygen atoms in total. The summed E-state index contributed by atoms with van der Waals surface area (Å²) in [4.78, 5) is 11.9. The van der Waals surface area contributed by atoms with E-state index in [0.29, 0.717) is 23.0 Å². The quantitative estimate of drug-likeness (QED) is 0.574. The maximum absolute atomic E-state index is 11.9. The molecule has 0 spiro atoms. The van der Waals surface area contributed by atoms with Gasteiger partial charge in [0.1, 0.15) is 5.75 Å². The molecule has 1 unspecified atom stereocenters. The maximum Gasteiger partial charge on any atom is 0.255 e. The second-order valence-electron chi connectivity index (χ2n) is 3.89. The number of phenolic OH excluding ortho intramolecular Hbond substituents is 1. The first kappa shape index (κ1) is 16.0. The van der Waals surface area contributed by atoms with E-state index in [-0.39, 0.29) is 17.2 Å². The zero-order valence-corrected chi connectivity index (χ0v) is 14.2. The van der Waals surface area contributed by atoms with Crippen LogP contribution in [0.15, 0.2) is 12.1 Å². The van der Waals surface area contributed by atoms with Crippen molar-refractivity contribution in [3.63, 3.8) is 0 Å². The predicted octanol–water partition coefficient (Wildman–Crippen LogP) is 2.49. The number of rotatable bonds is 5. The van der Waals surface area contributed by atoms with Crippen LogP contribution in [0.2, 0.25) is 0 Å². The number of hydrogen-bond donors (Lipinski definition) is 3. The monoisotopic (exact) mass is 475 g/mol. The third-order valence-electron chi connectivity index (χ3n) is 2.51. The van der Waals surface area contributed by atoms with Crippen molar-refractivity contribution in [3.8, 4) is 5.75 Å². The van der Waals surface area contributed by atoms with Crippen LogP contribution in [0.1, 0.15) is 30.1 Å². The molecule has 1 atom stereocenters. The molecule has 1 rings (SSSR count). The Balaban J connectivity index is 2.67. The molecule has 1 aromatic carbocycles. The van der Waals surface area contributed by atoms with Gasteiger partial charge in [0, 0.05) is 10.1 Å². The van der Waals surface area contributed by atoms with Crippen LogP contribution in [0.25, 0.3) is 0 Å². The van der Waals surface area contributed by atoms with E-state index >= 15 is 0 Å². The Morgan fingerprint density at radius 1 is 1.44 bits per heavy atom. The molecular weight excluding hydrogens is 460 g/mol. The van der Waals surface area contributed by atoms with Gasteiger partial charge in [0.05, 0.1) is 15.2 Å². The van der Waals surface area contributed by atoms with Crippen LogP contribution in [-0.4, -0.2) is 28.8 Å². The van der Waals surface area contributed by atoms with E-state index in [2.05, 4.69) is 27.9 Å². The number of carbonyl (C=O) groups is 1. The molecule has 6 heteroatoms. The van der Waals surface area contributed by atoms with E-state index < -0.39 is 6.10 Å². The van der Waals surface area contributed by atoms with Crippen molar-refractivity contribution in [2.24, 2.45) is 0 Å². The van der Waals surface area contributed by atoms with Gasteiger partial charge in [-0.3, -0.25) is 4.79 Å². The summed E-state index contributed by atoms with van der Waals surface area (Å²) in [5.74, 6) is -0.309. The third kappa shape index (κ3) is 4.54. The fourth-order valence-electron chi connectivity index (χ4n) is 1.39. The van der Waals surface area contributed by atoms with Crippen LogP contribution >= 0.6 is 45.2 Å². The molecule has 1 amide bonds. The molecule has 0 fully saturated rings. The second kappa shape index (κ2) is 7.49.